The third kappa shape index (κ3) is 2.83. The summed E-state index contributed by atoms with van der Waals surface area (Å²) in [7, 11) is 0. The van der Waals surface area contributed by atoms with Crippen molar-refractivity contribution in [3.8, 4) is 5.75 Å². The van der Waals surface area contributed by atoms with Gasteiger partial charge in [0.15, 0.2) is 0 Å². The highest BCUT2D eigenvalue weighted by Crippen LogP contribution is 2.46. The number of aromatic hydroxyl groups is 1. The Hall–Kier alpha value is -1.84. The van der Waals surface area contributed by atoms with Gasteiger partial charge in [0.25, 0.3) is 0 Å². The summed E-state index contributed by atoms with van der Waals surface area (Å²) in [5, 5.41) is 13.5. The molecule has 3 nitrogen and oxygen atoms in total. The van der Waals surface area contributed by atoms with Crippen LogP contribution >= 0.6 is 0 Å². The molecule has 0 bridgehead atoms. The van der Waals surface area contributed by atoms with E-state index in [9.17, 15) is 5.11 Å². The highest BCUT2D eigenvalue weighted by molar-refractivity contribution is 5.40. The van der Waals surface area contributed by atoms with Crippen molar-refractivity contribution in [2.24, 2.45) is 0 Å². The zero-order valence-corrected chi connectivity index (χ0v) is 15.4. The van der Waals surface area contributed by atoms with Crippen LogP contribution in [0.4, 0.5) is 0 Å². The van der Waals surface area contributed by atoms with E-state index in [-0.39, 0.29) is 0 Å². The second-order valence-electron chi connectivity index (χ2n) is 8.47. The minimum absolute atomic E-state index is 0.393. The smallest absolute Gasteiger partial charge is 0.115 e. The lowest BCUT2D eigenvalue weighted by Gasteiger charge is -2.42. The molecule has 1 unspecified atom stereocenters. The van der Waals surface area contributed by atoms with Gasteiger partial charge in [-0.05, 0) is 85.0 Å². The van der Waals surface area contributed by atoms with Crippen LogP contribution in [0.1, 0.15) is 41.5 Å². The van der Waals surface area contributed by atoms with Gasteiger partial charge in [0.05, 0.1) is 0 Å². The van der Waals surface area contributed by atoms with E-state index in [0.717, 1.165) is 19.5 Å². The zero-order valence-electron chi connectivity index (χ0n) is 15.4. The van der Waals surface area contributed by atoms with E-state index in [0.29, 0.717) is 17.2 Å². The average Bonchev–Trinajstić information content (AvgIpc) is 3.02. The van der Waals surface area contributed by atoms with Crippen molar-refractivity contribution < 1.29 is 5.11 Å². The Morgan fingerprint density at radius 3 is 2.73 bits per heavy atom. The van der Waals surface area contributed by atoms with Crippen molar-refractivity contribution in [1.82, 2.24) is 10.2 Å². The summed E-state index contributed by atoms with van der Waals surface area (Å²) in [4.78, 5) is 2.65. The number of nitrogens with zero attached hydrogens (tertiary/aromatic N) is 1. The van der Waals surface area contributed by atoms with E-state index < -0.39 is 0 Å². The Bertz CT molecular complexity index is 808. The highest BCUT2D eigenvalue weighted by atomic mass is 16.3. The molecule has 0 radical (unpaired) electrons. The summed E-state index contributed by atoms with van der Waals surface area (Å²) in [6.45, 7) is 4.46. The second-order valence-corrected chi connectivity index (χ2v) is 8.47. The Balaban J connectivity index is 1.22. The van der Waals surface area contributed by atoms with Crippen LogP contribution in [0, 0.1) is 0 Å². The third-order valence-corrected chi connectivity index (χ3v) is 6.99. The number of benzene rings is 2. The number of likely N-dealkylation sites (tertiary alicyclic amines) is 1. The van der Waals surface area contributed by atoms with Gasteiger partial charge in [-0.2, -0.15) is 0 Å². The van der Waals surface area contributed by atoms with Gasteiger partial charge in [0.1, 0.15) is 5.75 Å². The summed E-state index contributed by atoms with van der Waals surface area (Å²) >= 11 is 0. The van der Waals surface area contributed by atoms with Crippen molar-refractivity contribution >= 4 is 0 Å². The third-order valence-electron chi connectivity index (χ3n) is 6.99. The Kier molecular flexibility index (Phi) is 4.02. The van der Waals surface area contributed by atoms with Crippen LogP contribution in [0.25, 0.3) is 0 Å². The minimum Gasteiger partial charge on any atom is -0.508 e. The largest absolute Gasteiger partial charge is 0.508 e. The lowest BCUT2D eigenvalue weighted by atomic mass is 9.74. The molecule has 3 heteroatoms. The summed E-state index contributed by atoms with van der Waals surface area (Å²) < 4.78 is 0. The van der Waals surface area contributed by atoms with Gasteiger partial charge >= 0.3 is 0 Å². The van der Waals surface area contributed by atoms with Crippen LogP contribution in [-0.4, -0.2) is 35.7 Å². The molecule has 1 fully saturated rings. The van der Waals surface area contributed by atoms with E-state index in [4.69, 9.17) is 0 Å². The molecule has 1 aliphatic carbocycles. The van der Waals surface area contributed by atoms with Crippen LogP contribution in [0.3, 0.4) is 0 Å². The molecule has 2 aliphatic heterocycles. The zero-order chi connectivity index (χ0) is 17.6. The van der Waals surface area contributed by atoms with Gasteiger partial charge < -0.3 is 15.3 Å². The van der Waals surface area contributed by atoms with Gasteiger partial charge in [-0.1, -0.05) is 30.3 Å². The summed E-state index contributed by atoms with van der Waals surface area (Å²) in [6.07, 6.45) is 6.23. The number of nitrogens with one attached hydrogen (secondary N) is 1. The van der Waals surface area contributed by atoms with E-state index >= 15 is 0 Å². The Morgan fingerprint density at radius 2 is 1.85 bits per heavy atom. The fourth-order valence-electron chi connectivity index (χ4n) is 5.45. The summed E-state index contributed by atoms with van der Waals surface area (Å²) in [6, 6.07) is 15.4. The predicted octanol–water partition coefficient (Wildman–Crippen LogP) is 3.39. The molecule has 1 spiro atoms. The van der Waals surface area contributed by atoms with Gasteiger partial charge in [0.2, 0.25) is 0 Å². The first kappa shape index (κ1) is 16.3. The van der Waals surface area contributed by atoms with Crippen molar-refractivity contribution in [3.63, 3.8) is 0 Å². The van der Waals surface area contributed by atoms with Crippen LogP contribution in [0.2, 0.25) is 0 Å². The predicted molar refractivity (Wildman–Crippen MR) is 105 cm³/mol. The average molecular weight is 348 g/mol. The minimum atomic E-state index is 0.393. The van der Waals surface area contributed by atoms with Crippen molar-refractivity contribution in [3.05, 3.63) is 64.7 Å². The van der Waals surface area contributed by atoms with Gasteiger partial charge in [-0.25, -0.2) is 0 Å². The molecule has 0 saturated carbocycles. The van der Waals surface area contributed by atoms with Crippen molar-refractivity contribution in [2.75, 3.05) is 19.6 Å². The Morgan fingerprint density at radius 1 is 1.00 bits per heavy atom. The number of rotatable bonds is 2. The molecule has 2 aromatic carbocycles. The molecule has 1 atom stereocenters. The number of hydrogen-bond acceptors (Lipinski definition) is 3. The molecule has 5 rings (SSSR count). The monoisotopic (exact) mass is 348 g/mol. The SMILES string of the molecule is Oc1ccc2c(c1)CC(CN1CCC3(CCc4ccccc43)CC1)NC2. The van der Waals surface area contributed by atoms with E-state index in [1.807, 2.05) is 6.07 Å². The molecule has 2 heterocycles. The molecule has 1 saturated heterocycles. The van der Waals surface area contributed by atoms with Gasteiger partial charge in [-0.3, -0.25) is 0 Å². The number of phenols is 1. The number of fused-ring (bicyclic) bond motifs is 3. The van der Waals surface area contributed by atoms with Crippen LogP contribution < -0.4 is 5.32 Å². The lowest BCUT2D eigenvalue weighted by molar-refractivity contribution is 0.144. The van der Waals surface area contributed by atoms with Crippen molar-refractivity contribution in [2.45, 2.75) is 50.1 Å². The fourth-order valence-corrected chi connectivity index (χ4v) is 5.45. The lowest BCUT2D eigenvalue weighted by Crippen LogP contribution is -2.49. The number of piperidine rings is 1. The maximum Gasteiger partial charge on any atom is 0.115 e. The molecule has 0 amide bonds. The number of hydrogen-bond donors (Lipinski definition) is 2. The first-order chi connectivity index (χ1) is 12.7. The number of aryl methyl sites for hydroxylation is 1. The quantitative estimate of drug-likeness (QED) is 0.873. The molecule has 2 aromatic rings. The summed E-state index contributed by atoms with van der Waals surface area (Å²) in [5.74, 6) is 0.393. The molecule has 3 aliphatic rings. The molecule has 26 heavy (non-hydrogen) atoms. The summed E-state index contributed by atoms with van der Waals surface area (Å²) in [5.41, 5.74) is 6.32. The first-order valence-corrected chi connectivity index (χ1v) is 10.1. The van der Waals surface area contributed by atoms with Gasteiger partial charge in [0, 0.05) is 19.1 Å². The molecule has 2 N–H and O–H groups in total. The van der Waals surface area contributed by atoms with E-state index in [2.05, 4.69) is 40.5 Å². The molecule has 0 aromatic heterocycles. The maximum atomic E-state index is 9.76. The Labute approximate surface area is 156 Å². The highest BCUT2D eigenvalue weighted by Gasteiger charge is 2.41. The topological polar surface area (TPSA) is 35.5 Å². The maximum absolute atomic E-state index is 9.76. The molecular weight excluding hydrogens is 320 g/mol. The van der Waals surface area contributed by atoms with E-state index in [1.54, 1.807) is 17.2 Å². The van der Waals surface area contributed by atoms with Crippen LogP contribution in [0.5, 0.6) is 5.75 Å². The standard InChI is InChI=1S/C23H28N2O/c26-21-6-5-18-15-24-20(13-19(18)14-21)16-25-11-9-23(10-12-25)8-7-17-3-1-2-4-22(17)23/h1-6,14,20,24,26H,7-13,15-16H2. The van der Waals surface area contributed by atoms with Gasteiger partial charge in [-0.15, -0.1) is 0 Å². The van der Waals surface area contributed by atoms with Crippen molar-refractivity contribution in [1.29, 1.82) is 0 Å². The van der Waals surface area contributed by atoms with Crippen LogP contribution in [-0.2, 0) is 24.8 Å². The van der Waals surface area contributed by atoms with Crippen LogP contribution in [0.15, 0.2) is 42.5 Å². The second kappa shape index (κ2) is 6.40. The number of phenolic OH excluding ortho intramolecular Hbond substituents is 1. The molecule has 136 valence electrons. The first-order valence-electron chi connectivity index (χ1n) is 10.1. The fraction of sp³-hybridized carbons (Fsp3) is 0.478. The van der Waals surface area contributed by atoms with E-state index in [1.165, 1.54) is 49.9 Å². The normalized spacial score (nSPS) is 24.4. The molecular formula is C23H28N2O.